The molecule has 0 amide bonds. The summed E-state index contributed by atoms with van der Waals surface area (Å²) in [5.41, 5.74) is 1.38. The fourth-order valence-electron chi connectivity index (χ4n) is 1.63. The monoisotopic (exact) mass is 243 g/mol. The SMILES string of the molecule is CCN(CC)Cc1ccccc1[P@@](C)Cl. The Balaban J connectivity index is 2.83. The van der Waals surface area contributed by atoms with Crippen LogP contribution in [0.4, 0.5) is 0 Å². The molecule has 15 heavy (non-hydrogen) atoms. The molecule has 84 valence electrons. The van der Waals surface area contributed by atoms with E-state index in [1.165, 1.54) is 10.9 Å². The van der Waals surface area contributed by atoms with Gasteiger partial charge in [0.15, 0.2) is 0 Å². The lowest BCUT2D eigenvalue weighted by Gasteiger charge is -2.20. The van der Waals surface area contributed by atoms with E-state index < -0.39 is 7.27 Å². The minimum absolute atomic E-state index is 0.511. The van der Waals surface area contributed by atoms with Gasteiger partial charge >= 0.3 is 0 Å². The summed E-state index contributed by atoms with van der Waals surface area (Å²) in [7, 11) is -0.511. The molecular weight excluding hydrogens is 225 g/mol. The van der Waals surface area contributed by atoms with Crippen LogP contribution < -0.4 is 5.30 Å². The smallest absolute Gasteiger partial charge is 0.0240 e. The maximum Gasteiger partial charge on any atom is 0.0240 e. The van der Waals surface area contributed by atoms with Gasteiger partial charge in [0.05, 0.1) is 0 Å². The van der Waals surface area contributed by atoms with E-state index in [4.69, 9.17) is 11.2 Å². The van der Waals surface area contributed by atoms with Gasteiger partial charge in [-0.1, -0.05) is 49.4 Å². The number of nitrogens with zero attached hydrogens (tertiary/aromatic N) is 1. The zero-order valence-corrected chi connectivity index (χ0v) is 11.4. The Hall–Kier alpha value is -0.100. The second kappa shape index (κ2) is 6.48. The summed E-state index contributed by atoms with van der Waals surface area (Å²) < 4.78 is 0. The van der Waals surface area contributed by atoms with E-state index in [9.17, 15) is 0 Å². The summed E-state index contributed by atoms with van der Waals surface area (Å²) in [5, 5.41) is 1.32. The van der Waals surface area contributed by atoms with Crippen LogP contribution in [0.5, 0.6) is 0 Å². The summed E-state index contributed by atoms with van der Waals surface area (Å²) in [6.07, 6.45) is 0. The molecule has 0 aliphatic carbocycles. The first-order valence-corrected chi connectivity index (χ1v) is 8.08. The van der Waals surface area contributed by atoms with Gasteiger partial charge in [-0.2, -0.15) is 0 Å². The zero-order valence-electron chi connectivity index (χ0n) is 9.70. The Morgan fingerprint density at radius 2 is 1.80 bits per heavy atom. The van der Waals surface area contributed by atoms with Gasteiger partial charge in [-0.15, -0.1) is 0 Å². The van der Waals surface area contributed by atoms with Gasteiger partial charge in [0.25, 0.3) is 0 Å². The fraction of sp³-hybridized carbons (Fsp3) is 0.500. The molecule has 1 nitrogen and oxygen atoms in total. The first-order chi connectivity index (χ1) is 7.19. The van der Waals surface area contributed by atoms with Crippen LogP contribution in [0.2, 0.25) is 0 Å². The molecule has 3 heteroatoms. The third kappa shape index (κ3) is 3.75. The predicted molar refractivity (Wildman–Crippen MR) is 71.4 cm³/mol. The van der Waals surface area contributed by atoms with Gasteiger partial charge in [-0.3, -0.25) is 4.90 Å². The molecule has 0 aromatic heterocycles. The van der Waals surface area contributed by atoms with Crippen molar-refractivity contribution in [2.75, 3.05) is 19.8 Å². The van der Waals surface area contributed by atoms with E-state index in [1.807, 2.05) is 0 Å². The van der Waals surface area contributed by atoms with Crippen molar-refractivity contribution in [2.45, 2.75) is 20.4 Å². The molecule has 0 fully saturated rings. The lowest BCUT2D eigenvalue weighted by atomic mass is 10.2. The van der Waals surface area contributed by atoms with Gasteiger partial charge in [-0.05, 0) is 30.6 Å². The molecule has 0 aliphatic heterocycles. The molecule has 1 aromatic rings. The van der Waals surface area contributed by atoms with Crippen molar-refractivity contribution in [2.24, 2.45) is 0 Å². The normalized spacial score (nSPS) is 13.1. The molecule has 0 radical (unpaired) electrons. The molecule has 1 aromatic carbocycles. The Morgan fingerprint density at radius 1 is 1.20 bits per heavy atom. The van der Waals surface area contributed by atoms with Crippen molar-refractivity contribution in [3.05, 3.63) is 29.8 Å². The molecular formula is C12H19ClNP. The molecule has 1 rings (SSSR count). The number of benzene rings is 1. The van der Waals surface area contributed by atoms with Crippen molar-refractivity contribution in [1.29, 1.82) is 0 Å². The number of hydrogen-bond donors (Lipinski definition) is 0. The number of rotatable bonds is 5. The van der Waals surface area contributed by atoms with E-state index >= 15 is 0 Å². The van der Waals surface area contributed by atoms with Gasteiger partial charge in [0.2, 0.25) is 0 Å². The summed E-state index contributed by atoms with van der Waals surface area (Å²) in [4.78, 5) is 2.41. The molecule has 0 bridgehead atoms. The van der Waals surface area contributed by atoms with Crippen LogP contribution in [0.1, 0.15) is 19.4 Å². The quantitative estimate of drug-likeness (QED) is 0.717. The van der Waals surface area contributed by atoms with Crippen LogP contribution in [0, 0.1) is 0 Å². The Kier molecular flexibility index (Phi) is 5.60. The first kappa shape index (κ1) is 13.0. The average molecular weight is 244 g/mol. The van der Waals surface area contributed by atoms with Crippen LogP contribution in [-0.2, 0) is 6.54 Å². The van der Waals surface area contributed by atoms with Gasteiger partial charge in [-0.25, -0.2) is 0 Å². The molecule has 0 aliphatic rings. The van der Waals surface area contributed by atoms with Crippen LogP contribution in [-0.4, -0.2) is 24.7 Å². The van der Waals surface area contributed by atoms with Gasteiger partial charge < -0.3 is 0 Å². The van der Waals surface area contributed by atoms with Gasteiger partial charge in [0, 0.05) is 13.8 Å². The highest BCUT2D eigenvalue weighted by Gasteiger charge is 2.09. The topological polar surface area (TPSA) is 3.24 Å². The van der Waals surface area contributed by atoms with Crippen LogP contribution in [0.15, 0.2) is 24.3 Å². The molecule has 0 N–H and O–H groups in total. The maximum absolute atomic E-state index is 6.22. The second-order valence-electron chi connectivity index (χ2n) is 3.57. The van der Waals surface area contributed by atoms with Gasteiger partial charge in [0.1, 0.15) is 0 Å². The molecule has 0 saturated heterocycles. The third-order valence-electron chi connectivity index (χ3n) is 2.61. The zero-order chi connectivity index (χ0) is 11.3. The van der Waals surface area contributed by atoms with E-state index in [0.29, 0.717) is 0 Å². The Labute approximate surface area is 99.0 Å². The van der Waals surface area contributed by atoms with Crippen LogP contribution >= 0.6 is 18.5 Å². The van der Waals surface area contributed by atoms with Crippen molar-refractivity contribution in [3.63, 3.8) is 0 Å². The third-order valence-corrected chi connectivity index (χ3v) is 4.26. The highest BCUT2D eigenvalue weighted by Crippen LogP contribution is 2.36. The first-order valence-electron chi connectivity index (χ1n) is 5.38. The number of halogens is 1. The lowest BCUT2D eigenvalue weighted by Crippen LogP contribution is -2.24. The molecule has 0 saturated carbocycles. The van der Waals surface area contributed by atoms with E-state index in [2.05, 4.69) is 49.7 Å². The molecule has 0 spiro atoms. The largest absolute Gasteiger partial charge is 0.300 e. The summed E-state index contributed by atoms with van der Waals surface area (Å²) >= 11 is 6.22. The standard InChI is InChI=1S/C12H19ClNP/c1-4-14(5-2)10-11-8-6-7-9-12(11)15(3)13/h6-9H,4-5,10H2,1-3H3/t15-/m1/s1. The van der Waals surface area contributed by atoms with E-state index in [-0.39, 0.29) is 0 Å². The second-order valence-corrected chi connectivity index (χ2v) is 6.52. The summed E-state index contributed by atoms with van der Waals surface area (Å²) in [6, 6.07) is 8.51. The lowest BCUT2D eigenvalue weighted by molar-refractivity contribution is 0.296. The maximum atomic E-state index is 6.22. The average Bonchev–Trinajstić information content (AvgIpc) is 2.26. The highest BCUT2D eigenvalue weighted by atomic mass is 35.7. The fourth-order valence-corrected chi connectivity index (χ4v) is 2.96. The van der Waals surface area contributed by atoms with Crippen LogP contribution in [0.3, 0.4) is 0 Å². The molecule has 0 unspecified atom stereocenters. The predicted octanol–water partition coefficient (Wildman–Crippen LogP) is 3.42. The molecule has 0 heterocycles. The van der Waals surface area contributed by atoms with Crippen molar-refractivity contribution in [3.8, 4) is 0 Å². The Bertz CT molecular complexity index is 297. The van der Waals surface area contributed by atoms with Crippen molar-refractivity contribution < 1.29 is 0 Å². The van der Waals surface area contributed by atoms with Crippen LogP contribution in [0.25, 0.3) is 0 Å². The van der Waals surface area contributed by atoms with E-state index in [1.54, 1.807) is 0 Å². The molecule has 1 atom stereocenters. The van der Waals surface area contributed by atoms with Crippen molar-refractivity contribution >= 4 is 23.8 Å². The van der Waals surface area contributed by atoms with Crippen molar-refractivity contribution in [1.82, 2.24) is 4.90 Å². The summed E-state index contributed by atoms with van der Waals surface area (Å²) in [6.45, 7) is 9.69. The minimum Gasteiger partial charge on any atom is -0.300 e. The number of hydrogen-bond acceptors (Lipinski definition) is 1. The van der Waals surface area contributed by atoms with E-state index in [0.717, 1.165) is 19.6 Å². The summed E-state index contributed by atoms with van der Waals surface area (Å²) in [5.74, 6) is 0. The highest BCUT2D eigenvalue weighted by molar-refractivity contribution is 7.89. The minimum atomic E-state index is -0.511. The Morgan fingerprint density at radius 3 is 2.33 bits per heavy atom.